The predicted molar refractivity (Wildman–Crippen MR) is 88.8 cm³/mol. The van der Waals surface area contributed by atoms with Crippen molar-refractivity contribution < 1.29 is 4.79 Å². The van der Waals surface area contributed by atoms with Crippen LogP contribution >= 0.6 is 12.4 Å². The van der Waals surface area contributed by atoms with Crippen LogP contribution < -0.4 is 5.32 Å². The van der Waals surface area contributed by atoms with Crippen molar-refractivity contribution in [2.24, 2.45) is 11.3 Å². The van der Waals surface area contributed by atoms with E-state index in [9.17, 15) is 4.79 Å². The highest BCUT2D eigenvalue weighted by molar-refractivity contribution is 5.85. The first-order valence-electron chi connectivity index (χ1n) is 8.76. The summed E-state index contributed by atoms with van der Waals surface area (Å²) in [6.07, 6.45) is 12.6. The molecule has 1 saturated carbocycles. The molecule has 21 heavy (non-hydrogen) atoms. The van der Waals surface area contributed by atoms with Gasteiger partial charge in [0.25, 0.3) is 0 Å². The second-order valence-electron chi connectivity index (χ2n) is 7.37. The van der Waals surface area contributed by atoms with E-state index < -0.39 is 0 Å². The predicted octanol–water partition coefficient (Wildman–Crippen LogP) is 3.37. The van der Waals surface area contributed by atoms with Crippen molar-refractivity contribution >= 4 is 18.3 Å². The van der Waals surface area contributed by atoms with Crippen LogP contribution in [0.15, 0.2) is 0 Å². The van der Waals surface area contributed by atoms with Gasteiger partial charge in [0.15, 0.2) is 0 Å². The third-order valence-electron chi connectivity index (χ3n) is 5.95. The van der Waals surface area contributed by atoms with E-state index >= 15 is 0 Å². The molecular formula is C17H31ClN2O. The van der Waals surface area contributed by atoms with Gasteiger partial charge in [0.2, 0.25) is 5.91 Å². The zero-order chi connectivity index (χ0) is 13.8. The second-order valence-corrected chi connectivity index (χ2v) is 7.37. The Bertz CT molecular complexity index is 324. The summed E-state index contributed by atoms with van der Waals surface area (Å²) in [5.74, 6) is 1.12. The number of nitrogens with one attached hydrogen (secondary N) is 1. The fraction of sp³-hybridized carbons (Fsp3) is 0.941. The second kappa shape index (κ2) is 7.82. The van der Waals surface area contributed by atoms with Gasteiger partial charge in [0.1, 0.15) is 0 Å². The SMILES string of the molecule is Cl.O=C(CC1CCCCCC1)N1CCC2(CCNC2)CC1. The summed E-state index contributed by atoms with van der Waals surface area (Å²) in [5, 5.41) is 3.50. The van der Waals surface area contributed by atoms with Crippen molar-refractivity contribution in [2.45, 2.75) is 64.2 Å². The summed E-state index contributed by atoms with van der Waals surface area (Å²) in [7, 11) is 0. The van der Waals surface area contributed by atoms with Gasteiger partial charge in [-0.2, -0.15) is 0 Å². The van der Waals surface area contributed by atoms with Crippen molar-refractivity contribution in [2.75, 3.05) is 26.2 Å². The van der Waals surface area contributed by atoms with Crippen molar-refractivity contribution in [1.82, 2.24) is 10.2 Å². The molecule has 0 atom stereocenters. The number of rotatable bonds is 2. The largest absolute Gasteiger partial charge is 0.343 e. The van der Waals surface area contributed by atoms with Crippen molar-refractivity contribution in [3.8, 4) is 0 Å². The summed E-state index contributed by atoms with van der Waals surface area (Å²) >= 11 is 0. The molecule has 1 N–H and O–H groups in total. The summed E-state index contributed by atoms with van der Waals surface area (Å²) in [4.78, 5) is 14.7. The van der Waals surface area contributed by atoms with Gasteiger partial charge in [0.05, 0.1) is 0 Å². The highest BCUT2D eigenvalue weighted by atomic mass is 35.5. The molecule has 0 radical (unpaired) electrons. The Morgan fingerprint density at radius 3 is 2.29 bits per heavy atom. The molecule has 0 aromatic rings. The van der Waals surface area contributed by atoms with Gasteiger partial charge in [-0.3, -0.25) is 4.79 Å². The number of hydrogen-bond acceptors (Lipinski definition) is 2. The lowest BCUT2D eigenvalue weighted by Crippen LogP contribution is -2.44. The van der Waals surface area contributed by atoms with E-state index in [1.807, 2.05) is 0 Å². The lowest BCUT2D eigenvalue weighted by atomic mass is 9.77. The fourth-order valence-corrected chi connectivity index (χ4v) is 4.40. The maximum Gasteiger partial charge on any atom is 0.222 e. The van der Waals surface area contributed by atoms with Gasteiger partial charge in [-0.15, -0.1) is 12.4 Å². The third kappa shape index (κ3) is 4.35. The van der Waals surface area contributed by atoms with Gasteiger partial charge >= 0.3 is 0 Å². The molecule has 3 aliphatic rings. The van der Waals surface area contributed by atoms with Crippen LogP contribution in [0.5, 0.6) is 0 Å². The van der Waals surface area contributed by atoms with E-state index in [0.29, 0.717) is 17.2 Å². The molecule has 0 bridgehead atoms. The smallest absolute Gasteiger partial charge is 0.222 e. The number of piperidine rings is 1. The summed E-state index contributed by atoms with van der Waals surface area (Å²) in [5.41, 5.74) is 0.527. The molecule has 2 saturated heterocycles. The van der Waals surface area contributed by atoms with Gasteiger partial charge in [-0.1, -0.05) is 25.7 Å². The topological polar surface area (TPSA) is 32.3 Å². The van der Waals surface area contributed by atoms with Gasteiger partial charge in [-0.25, -0.2) is 0 Å². The van der Waals surface area contributed by atoms with Crippen LogP contribution in [0, 0.1) is 11.3 Å². The molecule has 0 aromatic carbocycles. The Morgan fingerprint density at radius 2 is 1.71 bits per heavy atom. The van der Waals surface area contributed by atoms with E-state index in [-0.39, 0.29) is 12.4 Å². The van der Waals surface area contributed by atoms with Crippen LogP contribution in [0.25, 0.3) is 0 Å². The summed E-state index contributed by atoms with van der Waals surface area (Å²) in [6, 6.07) is 0. The minimum absolute atomic E-state index is 0. The quantitative estimate of drug-likeness (QED) is 0.793. The summed E-state index contributed by atoms with van der Waals surface area (Å²) < 4.78 is 0. The number of hydrogen-bond donors (Lipinski definition) is 1. The zero-order valence-electron chi connectivity index (χ0n) is 13.2. The number of likely N-dealkylation sites (tertiary alicyclic amines) is 1. The Morgan fingerprint density at radius 1 is 1.05 bits per heavy atom. The number of amides is 1. The lowest BCUT2D eigenvalue weighted by Gasteiger charge is -2.39. The monoisotopic (exact) mass is 314 g/mol. The standard InChI is InChI=1S/C17H30N2O.ClH/c20-16(13-15-5-3-1-2-4-6-15)19-11-8-17(9-12-19)7-10-18-14-17;/h15,18H,1-14H2;1H. The van der Waals surface area contributed by atoms with Gasteiger partial charge in [-0.05, 0) is 50.0 Å². The molecular weight excluding hydrogens is 284 g/mol. The van der Waals surface area contributed by atoms with Crippen molar-refractivity contribution in [1.29, 1.82) is 0 Å². The third-order valence-corrected chi connectivity index (χ3v) is 5.95. The summed E-state index contributed by atoms with van der Waals surface area (Å²) in [6.45, 7) is 4.37. The molecule has 2 heterocycles. The first-order valence-corrected chi connectivity index (χ1v) is 8.76. The number of nitrogens with zero attached hydrogens (tertiary/aromatic N) is 1. The number of carbonyl (C=O) groups excluding carboxylic acids is 1. The zero-order valence-corrected chi connectivity index (χ0v) is 14.1. The van der Waals surface area contributed by atoms with Crippen LogP contribution in [0.4, 0.5) is 0 Å². The Hall–Kier alpha value is -0.280. The van der Waals surface area contributed by atoms with Crippen LogP contribution in [0.1, 0.15) is 64.2 Å². The Labute approximate surface area is 135 Å². The molecule has 1 aliphatic carbocycles. The number of halogens is 1. The number of carbonyl (C=O) groups is 1. The first-order chi connectivity index (χ1) is 9.77. The average molecular weight is 315 g/mol. The van der Waals surface area contributed by atoms with E-state index in [4.69, 9.17) is 0 Å². The maximum atomic E-state index is 12.5. The molecule has 4 heteroatoms. The van der Waals surface area contributed by atoms with E-state index in [1.165, 1.54) is 70.9 Å². The molecule has 3 fully saturated rings. The molecule has 122 valence electrons. The highest BCUT2D eigenvalue weighted by Crippen LogP contribution is 2.37. The van der Waals surface area contributed by atoms with Crippen LogP contribution in [-0.2, 0) is 4.79 Å². The van der Waals surface area contributed by atoms with E-state index in [0.717, 1.165) is 19.5 Å². The van der Waals surface area contributed by atoms with Crippen LogP contribution in [0.2, 0.25) is 0 Å². The Balaban J connectivity index is 0.00000161. The molecule has 3 nitrogen and oxygen atoms in total. The molecule has 1 spiro atoms. The lowest BCUT2D eigenvalue weighted by molar-refractivity contribution is -0.134. The molecule has 0 aromatic heterocycles. The van der Waals surface area contributed by atoms with E-state index in [1.54, 1.807) is 0 Å². The molecule has 2 aliphatic heterocycles. The Kier molecular flexibility index (Phi) is 6.36. The first kappa shape index (κ1) is 17.1. The highest BCUT2D eigenvalue weighted by Gasteiger charge is 2.38. The van der Waals surface area contributed by atoms with Gasteiger partial charge < -0.3 is 10.2 Å². The maximum absolute atomic E-state index is 12.5. The fourth-order valence-electron chi connectivity index (χ4n) is 4.40. The van der Waals surface area contributed by atoms with Crippen molar-refractivity contribution in [3.63, 3.8) is 0 Å². The minimum Gasteiger partial charge on any atom is -0.343 e. The average Bonchev–Trinajstić information content (AvgIpc) is 2.75. The van der Waals surface area contributed by atoms with Crippen molar-refractivity contribution in [3.05, 3.63) is 0 Å². The molecule has 1 amide bonds. The van der Waals surface area contributed by atoms with Crippen LogP contribution in [-0.4, -0.2) is 37.0 Å². The van der Waals surface area contributed by atoms with Gasteiger partial charge in [0, 0.05) is 26.1 Å². The van der Waals surface area contributed by atoms with E-state index in [2.05, 4.69) is 10.2 Å². The molecule has 3 rings (SSSR count). The minimum atomic E-state index is 0. The molecule has 0 unspecified atom stereocenters. The van der Waals surface area contributed by atoms with Crippen LogP contribution in [0.3, 0.4) is 0 Å². The normalized spacial score (nSPS) is 26.4.